The Morgan fingerprint density at radius 3 is 1.63 bits per heavy atom. The summed E-state index contributed by atoms with van der Waals surface area (Å²) in [7, 11) is 0. The molecule has 2 aliphatic heterocycles. The number of imide groups is 1. The number of allylic oxidation sites excluding steroid dienone is 1. The first kappa shape index (κ1) is 16.6. The Balaban J connectivity index is 1.47. The monoisotopic (exact) mass is 354 g/mol. The lowest BCUT2D eigenvalue weighted by atomic mass is 10.0. The van der Waals surface area contributed by atoms with Gasteiger partial charge in [-0.25, -0.2) is 4.90 Å². The highest BCUT2D eigenvalue weighted by Gasteiger charge is 2.24. The van der Waals surface area contributed by atoms with Gasteiger partial charge in [0.2, 0.25) is 0 Å². The largest absolute Gasteiger partial charge is 0.308 e. The van der Waals surface area contributed by atoms with Gasteiger partial charge in [0.1, 0.15) is 0 Å². The summed E-state index contributed by atoms with van der Waals surface area (Å²) in [6.45, 7) is 3.78. The third-order valence-electron chi connectivity index (χ3n) is 4.39. The third kappa shape index (κ3) is 3.05. The average Bonchev–Trinajstić information content (AvgIpc) is 3.18. The van der Waals surface area contributed by atoms with Crippen LogP contribution in [0.25, 0.3) is 0 Å². The molecule has 27 heavy (non-hydrogen) atoms. The normalized spacial score (nSPS) is 15.6. The molecule has 0 fully saturated rings. The standard InChI is InChI=1S/C22H14N2O3/c1-15-2-11-20(25)23(15)18-7-3-16(4-8-18)14-17-5-9-19(10-6-17)24-21(26)12-13-22(24)27/h3-10,12-13H,1,14H2. The van der Waals surface area contributed by atoms with Crippen molar-refractivity contribution in [2.45, 2.75) is 6.42 Å². The van der Waals surface area contributed by atoms with Gasteiger partial charge >= 0.3 is 5.91 Å². The Morgan fingerprint density at radius 1 is 0.704 bits per heavy atom. The van der Waals surface area contributed by atoms with Gasteiger partial charge in [-0.15, -0.1) is 0 Å². The van der Waals surface area contributed by atoms with Crippen LogP contribution in [0, 0.1) is 11.8 Å². The predicted octanol–water partition coefficient (Wildman–Crippen LogP) is 2.57. The van der Waals surface area contributed by atoms with Gasteiger partial charge < -0.3 is 0 Å². The molecular weight excluding hydrogens is 340 g/mol. The summed E-state index contributed by atoms with van der Waals surface area (Å²) in [6.07, 6.45) is 3.22. The number of benzene rings is 2. The van der Waals surface area contributed by atoms with Crippen LogP contribution in [-0.4, -0.2) is 17.7 Å². The molecule has 4 rings (SSSR count). The van der Waals surface area contributed by atoms with E-state index in [0.29, 0.717) is 17.8 Å². The Morgan fingerprint density at radius 2 is 1.19 bits per heavy atom. The fourth-order valence-electron chi connectivity index (χ4n) is 3.05. The van der Waals surface area contributed by atoms with Crippen molar-refractivity contribution in [2.24, 2.45) is 0 Å². The zero-order valence-electron chi connectivity index (χ0n) is 14.3. The predicted molar refractivity (Wildman–Crippen MR) is 102 cm³/mol. The minimum absolute atomic E-state index is 0.274. The first-order valence-corrected chi connectivity index (χ1v) is 8.32. The number of rotatable bonds is 4. The van der Waals surface area contributed by atoms with Gasteiger partial charge in [-0.05, 0) is 47.7 Å². The molecule has 0 bridgehead atoms. The van der Waals surface area contributed by atoms with E-state index in [1.807, 2.05) is 36.4 Å². The molecule has 3 amide bonds. The summed E-state index contributed by atoms with van der Waals surface area (Å²) >= 11 is 0. The van der Waals surface area contributed by atoms with Crippen LogP contribution in [0.5, 0.6) is 0 Å². The summed E-state index contributed by atoms with van der Waals surface area (Å²) in [4.78, 5) is 37.8. The minimum Gasteiger partial charge on any atom is -0.269 e. The molecule has 5 heteroatoms. The van der Waals surface area contributed by atoms with E-state index < -0.39 is 0 Å². The van der Waals surface area contributed by atoms with Crippen molar-refractivity contribution < 1.29 is 14.4 Å². The SMILES string of the molecule is C=C1C#CC(=O)N1c1ccc(Cc2ccc(N3C(=O)C=CC3=O)cc2)cc1. The molecule has 0 saturated heterocycles. The van der Waals surface area contributed by atoms with Crippen molar-refractivity contribution in [1.82, 2.24) is 0 Å². The number of carbonyl (C=O) groups is 3. The molecule has 0 N–H and O–H groups in total. The maximum absolute atomic E-state index is 11.8. The molecule has 130 valence electrons. The number of carbonyl (C=O) groups excluding carboxylic acids is 3. The summed E-state index contributed by atoms with van der Waals surface area (Å²) in [6, 6.07) is 14.9. The van der Waals surface area contributed by atoms with Crippen molar-refractivity contribution in [3.63, 3.8) is 0 Å². The molecule has 2 aromatic carbocycles. The van der Waals surface area contributed by atoms with Crippen LogP contribution in [0.3, 0.4) is 0 Å². The first-order chi connectivity index (χ1) is 13.0. The summed E-state index contributed by atoms with van der Waals surface area (Å²) in [5.41, 5.74) is 3.87. The van der Waals surface area contributed by atoms with Gasteiger partial charge in [0, 0.05) is 18.1 Å². The molecule has 2 aromatic rings. The molecule has 0 spiro atoms. The lowest BCUT2D eigenvalue weighted by molar-refractivity contribution is -0.120. The van der Waals surface area contributed by atoms with Gasteiger partial charge in [0.05, 0.1) is 17.1 Å². The molecule has 5 nitrogen and oxygen atoms in total. The Hall–Kier alpha value is -3.91. The van der Waals surface area contributed by atoms with E-state index in [0.717, 1.165) is 21.7 Å². The third-order valence-corrected chi connectivity index (χ3v) is 4.39. The summed E-state index contributed by atoms with van der Waals surface area (Å²) < 4.78 is 0. The van der Waals surface area contributed by atoms with Crippen molar-refractivity contribution >= 4 is 29.1 Å². The maximum Gasteiger partial charge on any atom is 0.308 e. The fraction of sp³-hybridized carbons (Fsp3) is 0.0455. The van der Waals surface area contributed by atoms with Crippen LogP contribution in [0.15, 0.2) is 73.0 Å². The molecule has 0 radical (unpaired) electrons. The Labute approximate surface area is 156 Å². The molecule has 0 saturated carbocycles. The van der Waals surface area contributed by atoms with Crippen LogP contribution in [-0.2, 0) is 20.8 Å². The minimum atomic E-state index is -0.328. The smallest absolute Gasteiger partial charge is 0.269 e. The van der Waals surface area contributed by atoms with E-state index in [1.54, 1.807) is 12.1 Å². The van der Waals surface area contributed by atoms with E-state index in [4.69, 9.17) is 0 Å². The number of anilines is 2. The second kappa shape index (κ2) is 6.43. The van der Waals surface area contributed by atoms with Crippen molar-refractivity contribution in [3.05, 3.63) is 84.1 Å². The number of nitrogens with zero attached hydrogens (tertiary/aromatic N) is 2. The fourth-order valence-corrected chi connectivity index (χ4v) is 3.05. The van der Waals surface area contributed by atoms with Crippen LogP contribution < -0.4 is 9.80 Å². The van der Waals surface area contributed by atoms with Gasteiger partial charge in [-0.3, -0.25) is 19.3 Å². The summed E-state index contributed by atoms with van der Waals surface area (Å²) in [5, 5.41) is 0. The van der Waals surface area contributed by atoms with E-state index in [2.05, 4.69) is 18.4 Å². The van der Waals surface area contributed by atoms with Crippen LogP contribution in [0.1, 0.15) is 11.1 Å². The number of hydrogen-bond acceptors (Lipinski definition) is 3. The van der Waals surface area contributed by atoms with E-state index >= 15 is 0 Å². The Bertz CT molecular complexity index is 986. The maximum atomic E-state index is 11.8. The zero-order chi connectivity index (χ0) is 19.0. The molecule has 0 aromatic heterocycles. The van der Waals surface area contributed by atoms with Crippen molar-refractivity contribution in [1.29, 1.82) is 0 Å². The summed E-state index contributed by atoms with van der Waals surface area (Å²) in [5.74, 6) is 4.24. The highest BCUT2D eigenvalue weighted by atomic mass is 16.2. The van der Waals surface area contributed by atoms with E-state index in [9.17, 15) is 14.4 Å². The molecule has 0 unspecified atom stereocenters. The van der Waals surface area contributed by atoms with E-state index in [-0.39, 0.29) is 17.7 Å². The second-order valence-electron chi connectivity index (χ2n) is 6.19. The van der Waals surface area contributed by atoms with Crippen molar-refractivity contribution in [3.8, 4) is 11.8 Å². The molecule has 0 aliphatic carbocycles. The van der Waals surface area contributed by atoms with Crippen LogP contribution in [0.2, 0.25) is 0 Å². The molecular formula is C22H14N2O3. The van der Waals surface area contributed by atoms with Gasteiger partial charge in [-0.2, -0.15) is 0 Å². The van der Waals surface area contributed by atoms with Gasteiger partial charge in [-0.1, -0.05) is 30.8 Å². The van der Waals surface area contributed by atoms with Crippen LogP contribution >= 0.6 is 0 Å². The van der Waals surface area contributed by atoms with Gasteiger partial charge in [0.15, 0.2) is 0 Å². The lowest BCUT2D eigenvalue weighted by Crippen LogP contribution is -2.29. The van der Waals surface area contributed by atoms with Crippen molar-refractivity contribution in [2.75, 3.05) is 9.80 Å². The zero-order valence-corrected chi connectivity index (χ0v) is 14.3. The van der Waals surface area contributed by atoms with Gasteiger partial charge in [0.25, 0.3) is 11.8 Å². The second-order valence-corrected chi connectivity index (χ2v) is 6.19. The molecule has 2 aliphatic rings. The average molecular weight is 354 g/mol. The van der Waals surface area contributed by atoms with E-state index in [1.165, 1.54) is 17.1 Å². The first-order valence-electron chi connectivity index (χ1n) is 8.32. The topological polar surface area (TPSA) is 57.7 Å². The molecule has 2 heterocycles. The van der Waals surface area contributed by atoms with Crippen LogP contribution in [0.4, 0.5) is 11.4 Å². The number of hydrogen-bond donors (Lipinski definition) is 0. The molecule has 0 atom stereocenters. The quantitative estimate of drug-likeness (QED) is 0.626. The highest BCUT2D eigenvalue weighted by molar-refractivity contribution is 6.28. The highest BCUT2D eigenvalue weighted by Crippen LogP contribution is 2.24. The Kier molecular flexibility index (Phi) is 3.94. The lowest BCUT2D eigenvalue weighted by Gasteiger charge is -2.16. The number of amides is 3.